The quantitative estimate of drug-likeness (QED) is 0.491. The molecule has 20 heavy (non-hydrogen) atoms. The third-order valence-corrected chi connectivity index (χ3v) is 4.06. The summed E-state index contributed by atoms with van der Waals surface area (Å²) in [5, 5.41) is 10.8. The fourth-order valence-electron chi connectivity index (χ4n) is 1.72. The van der Waals surface area contributed by atoms with Crippen LogP contribution in [0.4, 0.5) is 5.69 Å². The first-order valence-corrected chi connectivity index (χ1v) is 7.06. The molecule has 0 aliphatic rings. The van der Waals surface area contributed by atoms with Gasteiger partial charge in [-0.2, -0.15) is 8.42 Å². The number of nitrogens with zero attached hydrogens (tertiary/aromatic N) is 1. The standard InChI is InChI=1S/C13H11NO5S/c1-10-12(14(15)16)8-5-9-13(10)20(17,18)19-11-6-3-2-4-7-11/h2-9H,1H3. The van der Waals surface area contributed by atoms with Gasteiger partial charge in [0.2, 0.25) is 0 Å². The second kappa shape index (κ2) is 5.30. The highest BCUT2D eigenvalue weighted by molar-refractivity contribution is 7.87. The first-order chi connectivity index (χ1) is 9.42. The number of rotatable bonds is 4. The molecule has 0 saturated carbocycles. The molecule has 2 aromatic rings. The number of para-hydroxylation sites is 1. The molecular formula is C13H11NO5S. The van der Waals surface area contributed by atoms with Crippen LogP contribution in [-0.4, -0.2) is 13.3 Å². The van der Waals surface area contributed by atoms with E-state index in [0.29, 0.717) is 0 Å². The Morgan fingerprint density at radius 1 is 1.05 bits per heavy atom. The van der Waals surface area contributed by atoms with Crippen molar-refractivity contribution in [2.75, 3.05) is 0 Å². The van der Waals surface area contributed by atoms with E-state index in [-0.39, 0.29) is 21.9 Å². The van der Waals surface area contributed by atoms with E-state index in [9.17, 15) is 18.5 Å². The summed E-state index contributed by atoms with van der Waals surface area (Å²) in [4.78, 5) is 9.99. The fourth-order valence-corrected chi connectivity index (χ4v) is 2.90. The molecule has 0 aliphatic carbocycles. The number of benzene rings is 2. The van der Waals surface area contributed by atoms with Crippen LogP contribution in [0.3, 0.4) is 0 Å². The van der Waals surface area contributed by atoms with Crippen LogP contribution in [0, 0.1) is 17.0 Å². The van der Waals surface area contributed by atoms with E-state index in [4.69, 9.17) is 4.18 Å². The molecule has 0 spiro atoms. The average Bonchev–Trinajstić information content (AvgIpc) is 2.39. The van der Waals surface area contributed by atoms with Gasteiger partial charge in [-0.25, -0.2) is 0 Å². The number of hydrogen-bond acceptors (Lipinski definition) is 5. The predicted molar refractivity (Wildman–Crippen MR) is 72.1 cm³/mol. The van der Waals surface area contributed by atoms with E-state index in [1.165, 1.54) is 37.3 Å². The lowest BCUT2D eigenvalue weighted by Crippen LogP contribution is -2.12. The zero-order chi connectivity index (χ0) is 14.8. The summed E-state index contributed by atoms with van der Waals surface area (Å²) in [6, 6.07) is 11.8. The van der Waals surface area contributed by atoms with Crippen molar-refractivity contribution < 1.29 is 17.5 Å². The molecule has 0 amide bonds. The Morgan fingerprint density at radius 3 is 2.30 bits per heavy atom. The van der Waals surface area contributed by atoms with Gasteiger partial charge in [0.15, 0.2) is 0 Å². The summed E-state index contributed by atoms with van der Waals surface area (Å²) in [6.07, 6.45) is 0. The van der Waals surface area contributed by atoms with Crippen molar-refractivity contribution in [3.05, 3.63) is 64.2 Å². The van der Waals surface area contributed by atoms with Gasteiger partial charge in [-0.05, 0) is 25.1 Å². The van der Waals surface area contributed by atoms with E-state index in [0.717, 1.165) is 0 Å². The van der Waals surface area contributed by atoms with E-state index in [2.05, 4.69) is 0 Å². The maximum Gasteiger partial charge on any atom is 0.339 e. The highest BCUT2D eigenvalue weighted by Crippen LogP contribution is 2.27. The molecule has 0 aliphatic heterocycles. The molecule has 0 saturated heterocycles. The number of hydrogen-bond donors (Lipinski definition) is 0. The number of nitro groups is 1. The molecule has 0 heterocycles. The molecule has 7 heteroatoms. The van der Waals surface area contributed by atoms with Crippen LogP contribution in [0.5, 0.6) is 5.75 Å². The van der Waals surface area contributed by atoms with Gasteiger partial charge in [0.1, 0.15) is 10.6 Å². The van der Waals surface area contributed by atoms with Crippen molar-refractivity contribution >= 4 is 15.8 Å². The molecule has 2 rings (SSSR count). The monoisotopic (exact) mass is 293 g/mol. The Balaban J connectivity index is 2.45. The lowest BCUT2D eigenvalue weighted by molar-refractivity contribution is -0.385. The van der Waals surface area contributed by atoms with Crippen molar-refractivity contribution in [2.24, 2.45) is 0 Å². The highest BCUT2D eigenvalue weighted by atomic mass is 32.2. The summed E-state index contributed by atoms with van der Waals surface area (Å²) in [6.45, 7) is 1.37. The third-order valence-electron chi connectivity index (χ3n) is 2.67. The highest BCUT2D eigenvalue weighted by Gasteiger charge is 2.24. The molecule has 0 N–H and O–H groups in total. The average molecular weight is 293 g/mol. The van der Waals surface area contributed by atoms with E-state index >= 15 is 0 Å². The minimum Gasteiger partial charge on any atom is -0.379 e. The van der Waals surface area contributed by atoms with Crippen LogP contribution in [0.2, 0.25) is 0 Å². The third kappa shape index (κ3) is 2.77. The van der Waals surface area contributed by atoms with Gasteiger partial charge < -0.3 is 4.18 Å². The minimum absolute atomic E-state index is 0.0495. The Bertz CT molecular complexity index is 741. The Hall–Kier alpha value is -2.41. The van der Waals surface area contributed by atoms with Gasteiger partial charge in [-0.15, -0.1) is 0 Å². The molecule has 0 bridgehead atoms. The van der Waals surface area contributed by atoms with Gasteiger partial charge in [0.05, 0.1) is 4.92 Å². The van der Waals surface area contributed by atoms with Crippen molar-refractivity contribution in [1.29, 1.82) is 0 Å². The Kier molecular flexibility index (Phi) is 3.71. The van der Waals surface area contributed by atoms with Crippen LogP contribution in [0.15, 0.2) is 53.4 Å². The van der Waals surface area contributed by atoms with Crippen LogP contribution >= 0.6 is 0 Å². The molecular weight excluding hydrogens is 282 g/mol. The molecule has 6 nitrogen and oxygen atoms in total. The van der Waals surface area contributed by atoms with Crippen LogP contribution < -0.4 is 4.18 Å². The minimum atomic E-state index is -4.10. The maximum atomic E-state index is 12.2. The van der Waals surface area contributed by atoms with Gasteiger partial charge in [0, 0.05) is 11.6 Å². The summed E-state index contributed by atoms with van der Waals surface area (Å²) in [7, 11) is -4.10. The molecule has 2 aromatic carbocycles. The van der Waals surface area contributed by atoms with Gasteiger partial charge in [0.25, 0.3) is 5.69 Å². The zero-order valence-electron chi connectivity index (χ0n) is 10.5. The number of nitro benzene ring substituents is 1. The lowest BCUT2D eigenvalue weighted by Gasteiger charge is -2.09. The molecule has 0 aromatic heterocycles. The fraction of sp³-hybridized carbons (Fsp3) is 0.0769. The second-order valence-electron chi connectivity index (χ2n) is 4.01. The molecule has 0 radical (unpaired) electrons. The second-order valence-corrected chi connectivity index (χ2v) is 5.52. The van der Waals surface area contributed by atoms with Crippen molar-refractivity contribution in [3.63, 3.8) is 0 Å². The summed E-state index contributed by atoms with van der Waals surface area (Å²) >= 11 is 0. The molecule has 0 fully saturated rings. The van der Waals surface area contributed by atoms with Crippen LogP contribution in [-0.2, 0) is 10.1 Å². The topological polar surface area (TPSA) is 86.5 Å². The first-order valence-electron chi connectivity index (χ1n) is 5.65. The molecule has 0 atom stereocenters. The normalized spacial score (nSPS) is 11.1. The SMILES string of the molecule is Cc1c([N+](=O)[O-])cccc1S(=O)(=O)Oc1ccccc1. The Morgan fingerprint density at radius 2 is 1.70 bits per heavy atom. The molecule has 104 valence electrons. The van der Waals surface area contributed by atoms with Crippen molar-refractivity contribution in [1.82, 2.24) is 0 Å². The Labute approximate surface area is 115 Å². The van der Waals surface area contributed by atoms with E-state index in [1.807, 2.05) is 0 Å². The lowest BCUT2D eigenvalue weighted by atomic mass is 10.2. The zero-order valence-corrected chi connectivity index (χ0v) is 11.3. The first kappa shape index (κ1) is 14.0. The van der Waals surface area contributed by atoms with Crippen molar-refractivity contribution in [3.8, 4) is 5.75 Å². The van der Waals surface area contributed by atoms with Gasteiger partial charge in [-0.1, -0.05) is 24.3 Å². The van der Waals surface area contributed by atoms with Gasteiger partial charge in [-0.3, -0.25) is 10.1 Å². The molecule has 0 unspecified atom stereocenters. The van der Waals surface area contributed by atoms with Crippen LogP contribution in [0.25, 0.3) is 0 Å². The van der Waals surface area contributed by atoms with E-state index < -0.39 is 15.0 Å². The summed E-state index contributed by atoms with van der Waals surface area (Å²) in [5.41, 5.74) is -0.212. The maximum absolute atomic E-state index is 12.2. The largest absolute Gasteiger partial charge is 0.379 e. The predicted octanol–water partition coefficient (Wildman–Crippen LogP) is 2.67. The van der Waals surface area contributed by atoms with Crippen molar-refractivity contribution in [2.45, 2.75) is 11.8 Å². The summed E-state index contributed by atoms with van der Waals surface area (Å²) in [5.74, 6) is 0.151. The van der Waals surface area contributed by atoms with Gasteiger partial charge >= 0.3 is 10.1 Å². The summed E-state index contributed by atoms with van der Waals surface area (Å²) < 4.78 is 29.3. The van der Waals surface area contributed by atoms with Crippen LogP contribution in [0.1, 0.15) is 5.56 Å². The smallest absolute Gasteiger partial charge is 0.339 e. The van der Waals surface area contributed by atoms with E-state index in [1.54, 1.807) is 18.2 Å².